The monoisotopic (exact) mass is 152 g/mol. The normalized spacial score (nSPS) is 9.36. The highest BCUT2D eigenvalue weighted by Gasteiger charge is 1.97. The van der Waals surface area contributed by atoms with Gasteiger partial charge in [-0.25, -0.2) is 0 Å². The van der Waals surface area contributed by atoms with Gasteiger partial charge in [-0.15, -0.1) is 0 Å². The molecule has 0 aliphatic carbocycles. The first-order valence-electron chi connectivity index (χ1n) is 3.25. The Balaban J connectivity index is 2.99. The van der Waals surface area contributed by atoms with E-state index < -0.39 is 0 Å². The summed E-state index contributed by atoms with van der Waals surface area (Å²) >= 11 is 0. The van der Waals surface area contributed by atoms with Crippen molar-refractivity contribution in [3.8, 4) is 5.75 Å². The van der Waals surface area contributed by atoms with Crippen molar-refractivity contribution in [2.45, 2.75) is 6.92 Å². The Morgan fingerprint density at radius 3 is 2.73 bits per heavy atom. The Morgan fingerprint density at radius 1 is 1.55 bits per heavy atom. The van der Waals surface area contributed by atoms with E-state index in [1.54, 1.807) is 19.2 Å². The lowest BCUT2D eigenvalue weighted by molar-refractivity contribution is 0.387. The maximum absolute atomic E-state index is 8.57. The van der Waals surface area contributed by atoms with Crippen LogP contribution in [0.25, 0.3) is 0 Å². The number of benzene rings is 1. The molecule has 0 atom stereocenters. The first-order chi connectivity index (χ1) is 5.27. The molecule has 1 aromatic rings. The van der Waals surface area contributed by atoms with Gasteiger partial charge in [-0.1, -0.05) is 0 Å². The van der Waals surface area contributed by atoms with Crippen LogP contribution < -0.4 is 10.2 Å². The lowest BCUT2D eigenvalue weighted by Crippen LogP contribution is -1.93. The van der Waals surface area contributed by atoms with Crippen molar-refractivity contribution in [3.63, 3.8) is 0 Å². The average Bonchev–Trinajstić information content (AvgIpc) is 2.04. The summed E-state index contributed by atoms with van der Waals surface area (Å²) in [5, 5.41) is 8.57. The van der Waals surface area contributed by atoms with Crippen LogP contribution in [0, 0.1) is 13.0 Å². The van der Waals surface area contributed by atoms with Gasteiger partial charge < -0.3 is 4.74 Å². The Morgan fingerprint density at radius 2 is 2.27 bits per heavy atom. The van der Waals surface area contributed by atoms with Crippen LogP contribution in [0.4, 0.5) is 5.69 Å². The van der Waals surface area contributed by atoms with Crippen molar-refractivity contribution >= 4 is 5.69 Å². The highest BCUT2D eigenvalue weighted by Crippen LogP contribution is 2.18. The molecule has 1 aromatic carbocycles. The molecule has 0 unspecified atom stereocenters. The second kappa shape index (κ2) is 3.25. The zero-order valence-electron chi connectivity index (χ0n) is 6.51. The van der Waals surface area contributed by atoms with Crippen LogP contribution in [0.5, 0.6) is 5.75 Å². The van der Waals surface area contributed by atoms with Gasteiger partial charge in [0.1, 0.15) is 5.75 Å². The van der Waals surface area contributed by atoms with E-state index in [1.165, 1.54) is 0 Å². The lowest BCUT2D eigenvalue weighted by atomic mass is 10.2. The van der Waals surface area contributed by atoms with E-state index >= 15 is 0 Å². The Labute approximate surface area is 65.6 Å². The van der Waals surface area contributed by atoms with Crippen LogP contribution in [-0.4, -0.2) is 12.3 Å². The molecular formula is C8H10NO2. The first kappa shape index (κ1) is 7.88. The predicted octanol–water partition coefficient (Wildman–Crippen LogP) is 1.60. The number of methoxy groups -OCH3 is 1. The third kappa shape index (κ3) is 1.62. The van der Waals surface area contributed by atoms with Gasteiger partial charge in [-0.3, -0.25) is 10.7 Å². The van der Waals surface area contributed by atoms with Gasteiger partial charge in [0, 0.05) is 6.07 Å². The van der Waals surface area contributed by atoms with Crippen molar-refractivity contribution in [3.05, 3.63) is 23.8 Å². The smallest absolute Gasteiger partial charge is 0.127 e. The molecule has 2 N–H and O–H groups in total. The molecule has 3 nitrogen and oxygen atoms in total. The summed E-state index contributed by atoms with van der Waals surface area (Å²) in [6, 6.07) is 6.39. The Hall–Kier alpha value is -1.22. The van der Waals surface area contributed by atoms with E-state index in [-0.39, 0.29) is 0 Å². The molecule has 0 spiro atoms. The number of hydrogen-bond donors (Lipinski definition) is 2. The van der Waals surface area contributed by atoms with E-state index in [0.717, 1.165) is 5.56 Å². The number of hydrogen-bond acceptors (Lipinski definition) is 3. The predicted molar refractivity (Wildman–Crippen MR) is 42.0 cm³/mol. The molecule has 0 aliphatic heterocycles. The molecule has 0 bridgehead atoms. The summed E-state index contributed by atoms with van der Waals surface area (Å²) in [4.78, 5) is 0. The number of anilines is 1. The van der Waals surface area contributed by atoms with Crippen LogP contribution in [-0.2, 0) is 0 Å². The van der Waals surface area contributed by atoms with Crippen molar-refractivity contribution in [2.24, 2.45) is 0 Å². The molecule has 11 heavy (non-hydrogen) atoms. The van der Waals surface area contributed by atoms with Crippen molar-refractivity contribution in [1.82, 2.24) is 0 Å². The summed E-state index contributed by atoms with van der Waals surface area (Å²) in [6.07, 6.45) is 0. The summed E-state index contributed by atoms with van der Waals surface area (Å²) in [5.41, 5.74) is 3.53. The summed E-state index contributed by atoms with van der Waals surface area (Å²) < 4.78 is 4.93. The van der Waals surface area contributed by atoms with E-state index in [4.69, 9.17) is 9.94 Å². The molecule has 0 saturated heterocycles. The molecule has 0 amide bonds. The van der Waals surface area contributed by atoms with Gasteiger partial charge in [0.15, 0.2) is 0 Å². The zero-order valence-corrected chi connectivity index (χ0v) is 6.51. The molecule has 1 radical (unpaired) electrons. The molecule has 0 aliphatic rings. The fourth-order valence-electron chi connectivity index (χ4n) is 0.818. The van der Waals surface area contributed by atoms with Crippen molar-refractivity contribution in [1.29, 1.82) is 0 Å². The van der Waals surface area contributed by atoms with E-state index in [2.05, 4.69) is 11.5 Å². The average molecular weight is 152 g/mol. The van der Waals surface area contributed by atoms with Crippen LogP contribution in [0.3, 0.4) is 0 Å². The molecular weight excluding hydrogens is 142 g/mol. The fourth-order valence-corrected chi connectivity index (χ4v) is 0.818. The number of aryl methyl sites for hydroxylation is 1. The van der Waals surface area contributed by atoms with Gasteiger partial charge in [0.25, 0.3) is 0 Å². The molecule has 1 rings (SSSR count). The summed E-state index contributed by atoms with van der Waals surface area (Å²) in [6.45, 7) is 1.83. The van der Waals surface area contributed by atoms with Crippen molar-refractivity contribution < 1.29 is 9.94 Å². The summed E-state index contributed by atoms with van der Waals surface area (Å²) in [7, 11) is 1.58. The van der Waals surface area contributed by atoms with Gasteiger partial charge >= 0.3 is 0 Å². The maximum atomic E-state index is 8.57. The molecule has 0 aromatic heterocycles. The quantitative estimate of drug-likeness (QED) is 0.632. The Bertz CT molecular complexity index is 248. The maximum Gasteiger partial charge on any atom is 0.127 e. The van der Waals surface area contributed by atoms with E-state index in [9.17, 15) is 0 Å². The van der Waals surface area contributed by atoms with Crippen molar-refractivity contribution in [2.75, 3.05) is 12.6 Å². The molecule has 0 saturated carbocycles. The third-order valence-corrected chi connectivity index (χ3v) is 1.46. The number of ether oxygens (including phenoxy) is 1. The zero-order chi connectivity index (χ0) is 8.27. The molecule has 0 fully saturated rings. The largest absolute Gasteiger partial charge is 0.496 e. The topological polar surface area (TPSA) is 41.5 Å². The standard InChI is InChI=1S/C8H10NO2/c1-6-5-7(11-2)3-4-8(6)9-10/h3-4,9-10H,1-2H3. The minimum Gasteiger partial charge on any atom is -0.496 e. The van der Waals surface area contributed by atoms with E-state index in [1.807, 2.05) is 6.92 Å². The van der Waals surface area contributed by atoms with Crippen LogP contribution in [0.15, 0.2) is 12.1 Å². The van der Waals surface area contributed by atoms with Gasteiger partial charge in [-0.2, -0.15) is 0 Å². The minimum absolute atomic E-state index is 0.644. The fraction of sp³-hybridized carbons (Fsp3) is 0.250. The van der Waals surface area contributed by atoms with Crippen LogP contribution >= 0.6 is 0 Å². The minimum atomic E-state index is 0.644. The Kier molecular flexibility index (Phi) is 2.33. The third-order valence-electron chi connectivity index (χ3n) is 1.46. The lowest BCUT2D eigenvalue weighted by Gasteiger charge is -2.04. The molecule has 59 valence electrons. The van der Waals surface area contributed by atoms with E-state index in [0.29, 0.717) is 11.4 Å². The second-order valence-electron chi connectivity index (χ2n) is 2.18. The second-order valence-corrected chi connectivity index (χ2v) is 2.18. The number of rotatable bonds is 2. The highest BCUT2D eigenvalue weighted by molar-refractivity contribution is 5.50. The first-order valence-corrected chi connectivity index (χ1v) is 3.25. The van der Waals surface area contributed by atoms with Gasteiger partial charge in [-0.05, 0) is 24.6 Å². The molecule has 3 heteroatoms. The van der Waals surface area contributed by atoms with Gasteiger partial charge in [0.2, 0.25) is 0 Å². The summed E-state index contributed by atoms with van der Waals surface area (Å²) in [5.74, 6) is 0.668. The number of nitrogens with one attached hydrogen (secondary N) is 1. The van der Waals surface area contributed by atoms with Crippen LogP contribution in [0.1, 0.15) is 5.56 Å². The van der Waals surface area contributed by atoms with Gasteiger partial charge in [0.05, 0.1) is 12.8 Å². The highest BCUT2D eigenvalue weighted by atomic mass is 16.5. The van der Waals surface area contributed by atoms with Crippen LogP contribution in [0.2, 0.25) is 0 Å². The molecule has 0 heterocycles. The SMILES string of the molecule is COc1[c]c(C)c(NO)cc1.